The number of pyridine rings is 1. The molecule has 2 aliphatic rings. The van der Waals surface area contributed by atoms with Crippen LogP contribution < -0.4 is 0 Å². The van der Waals surface area contributed by atoms with Gasteiger partial charge in [-0.15, -0.1) is 0 Å². The van der Waals surface area contributed by atoms with Crippen LogP contribution >= 0.6 is 11.8 Å². The zero-order valence-corrected chi connectivity index (χ0v) is 18.7. The number of nitrogens with zero attached hydrogens (tertiary/aromatic N) is 2. The maximum Gasteiger partial charge on any atom is 0.233 e. The molecule has 2 fully saturated rings. The molecule has 29 heavy (non-hydrogen) atoms. The van der Waals surface area contributed by atoms with E-state index in [2.05, 4.69) is 26.0 Å². The highest BCUT2D eigenvalue weighted by Crippen LogP contribution is 2.31. The van der Waals surface area contributed by atoms with Gasteiger partial charge in [-0.05, 0) is 50.3 Å². The second kappa shape index (κ2) is 8.26. The number of aromatic nitrogens is 1. The predicted molar refractivity (Wildman–Crippen MR) is 118 cm³/mol. The summed E-state index contributed by atoms with van der Waals surface area (Å²) in [6.45, 7) is 4.13. The number of fused-ring (bicyclic) bond motifs is 1. The van der Waals surface area contributed by atoms with E-state index in [-0.39, 0.29) is 29.5 Å². The maximum atomic E-state index is 13.2. The fourth-order valence-electron chi connectivity index (χ4n) is 4.70. The van der Waals surface area contributed by atoms with E-state index in [9.17, 15) is 13.2 Å². The number of amides is 1. The molecule has 1 saturated carbocycles. The number of sulfone groups is 1. The molecule has 1 atom stereocenters. The minimum atomic E-state index is -3.02. The number of aryl methyl sites for hydroxylation is 2. The number of carbonyl (C=O) groups is 1. The van der Waals surface area contributed by atoms with Crippen LogP contribution in [0.15, 0.2) is 29.3 Å². The second-order valence-electron chi connectivity index (χ2n) is 8.33. The van der Waals surface area contributed by atoms with E-state index >= 15 is 0 Å². The Morgan fingerprint density at radius 1 is 1.14 bits per heavy atom. The summed E-state index contributed by atoms with van der Waals surface area (Å²) in [6, 6.07) is 8.24. The van der Waals surface area contributed by atoms with E-state index in [1.54, 1.807) is 0 Å². The lowest BCUT2D eigenvalue weighted by Crippen LogP contribution is -2.47. The average molecular weight is 433 g/mol. The summed E-state index contributed by atoms with van der Waals surface area (Å²) in [5.41, 5.74) is 3.27. The van der Waals surface area contributed by atoms with E-state index in [1.165, 1.54) is 11.8 Å². The smallest absolute Gasteiger partial charge is 0.233 e. The molecule has 1 amide bonds. The Labute approximate surface area is 177 Å². The molecule has 0 spiro atoms. The lowest BCUT2D eigenvalue weighted by molar-refractivity contribution is -0.132. The van der Waals surface area contributed by atoms with Crippen molar-refractivity contribution in [1.82, 2.24) is 9.88 Å². The van der Waals surface area contributed by atoms with Crippen LogP contribution in [0.5, 0.6) is 0 Å². The molecular weight excluding hydrogens is 404 g/mol. The highest BCUT2D eigenvalue weighted by atomic mass is 32.2. The molecule has 4 rings (SSSR count). The first kappa shape index (κ1) is 20.7. The average Bonchev–Trinajstić information content (AvgIpc) is 3.31. The van der Waals surface area contributed by atoms with E-state index < -0.39 is 9.84 Å². The largest absolute Gasteiger partial charge is 0.335 e. The second-order valence-corrected chi connectivity index (χ2v) is 11.6. The van der Waals surface area contributed by atoms with Crippen LogP contribution in [0.3, 0.4) is 0 Å². The maximum absolute atomic E-state index is 13.2. The van der Waals surface area contributed by atoms with Crippen molar-refractivity contribution in [2.24, 2.45) is 0 Å². The van der Waals surface area contributed by atoms with Crippen molar-refractivity contribution in [3.63, 3.8) is 0 Å². The lowest BCUT2D eigenvalue weighted by Gasteiger charge is -2.34. The van der Waals surface area contributed by atoms with Gasteiger partial charge in [-0.3, -0.25) is 4.79 Å². The standard InChI is InChI=1S/C22H28N2O3S2/c1-15-6-5-9-19-16(2)12-20(23-22(15)19)28-13-21(25)24(17-7-3-4-8-17)18-10-11-29(26,27)14-18/h5-6,9,12,17-18H,3-4,7-8,10-11,13-14H2,1-2H3/t18-/m0/s1. The van der Waals surface area contributed by atoms with Crippen LogP contribution in [-0.2, 0) is 14.6 Å². The molecule has 0 bridgehead atoms. The van der Waals surface area contributed by atoms with Gasteiger partial charge in [0.25, 0.3) is 0 Å². The zero-order valence-electron chi connectivity index (χ0n) is 17.1. The first-order valence-electron chi connectivity index (χ1n) is 10.4. The summed E-state index contributed by atoms with van der Waals surface area (Å²) in [4.78, 5) is 19.9. The van der Waals surface area contributed by atoms with Crippen LogP contribution in [0.4, 0.5) is 0 Å². The van der Waals surface area contributed by atoms with Gasteiger partial charge in [0, 0.05) is 17.5 Å². The van der Waals surface area contributed by atoms with Gasteiger partial charge >= 0.3 is 0 Å². The summed E-state index contributed by atoms with van der Waals surface area (Å²) >= 11 is 1.46. The number of hydrogen-bond donors (Lipinski definition) is 0. The fraction of sp³-hybridized carbons (Fsp3) is 0.545. The van der Waals surface area contributed by atoms with Crippen LogP contribution in [0, 0.1) is 13.8 Å². The normalized spacial score (nSPS) is 21.7. The van der Waals surface area contributed by atoms with Gasteiger partial charge < -0.3 is 4.90 Å². The lowest BCUT2D eigenvalue weighted by atomic mass is 10.1. The monoisotopic (exact) mass is 432 g/mol. The highest BCUT2D eigenvalue weighted by Gasteiger charge is 2.38. The minimum Gasteiger partial charge on any atom is -0.335 e. The predicted octanol–water partition coefficient (Wildman–Crippen LogP) is 3.90. The SMILES string of the molecule is Cc1cc(SCC(=O)N(C2CCCC2)[C@H]2CCS(=O)(=O)C2)nc2c(C)cccc12. The summed E-state index contributed by atoms with van der Waals surface area (Å²) in [5.74, 6) is 0.670. The van der Waals surface area contributed by atoms with Gasteiger partial charge in [0.15, 0.2) is 9.84 Å². The Hall–Kier alpha value is -1.60. The molecule has 1 aliphatic carbocycles. The molecule has 2 heterocycles. The van der Waals surface area contributed by atoms with Gasteiger partial charge in [-0.1, -0.05) is 42.8 Å². The molecule has 2 aromatic rings. The number of rotatable bonds is 5. The number of thioether (sulfide) groups is 1. The first-order valence-corrected chi connectivity index (χ1v) is 13.2. The van der Waals surface area contributed by atoms with Gasteiger partial charge in [0.1, 0.15) is 0 Å². The van der Waals surface area contributed by atoms with Crippen molar-refractivity contribution >= 4 is 38.4 Å². The highest BCUT2D eigenvalue weighted by molar-refractivity contribution is 7.99. The van der Waals surface area contributed by atoms with Crippen molar-refractivity contribution in [2.75, 3.05) is 17.3 Å². The first-order chi connectivity index (χ1) is 13.8. The molecular formula is C22H28N2O3S2. The quantitative estimate of drug-likeness (QED) is 0.670. The third kappa shape index (κ3) is 4.45. The topological polar surface area (TPSA) is 67.3 Å². The van der Waals surface area contributed by atoms with Crippen molar-refractivity contribution in [2.45, 2.75) is 63.1 Å². The molecule has 1 aliphatic heterocycles. The van der Waals surface area contributed by atoms with E-state index in [0.29, 0.717) is 12.2 Å². The van der Waals surface area contributed by atoms with Crippen LogP contribution in [0.1, 0.15) is 43.2 Å². The van der Waals surface area contributed by atoms with Crippen LogP contribution in [0.2, 0.25) is 0 Å². The number of carbonyl (C=O) groups excluding carboxylic acids is 1. The van der Waals surface area contributed by atoms with Gasteiger partial charge in [0.05, 0.1) is 27.8 Å². The molecule has 0 unspecified atom stereocenters. The molecule has 7 heteroatoms. The molecule has 5 nitrogen and oxygen atoms in total. The summed E-state index contributed by atoms with van der Waals surface area (Å²) < 4.78 is 24.0. The van der Waals surface area contributed by atoms with Crippen molar-refractivity contribution < 1.29 is 13.2 Å². The third-order valence-corrected chi connectivity index (χ3v) is 8.82. The summed E-state index contributed by atoms with van der Waals surface area (Å²) in [7, 11) is -3.02. The molecule has 1 aromatic heterocycles. The Balaban J connectivity index is 1.52. The van der Waals surface area contributed by atoms with Crippen molar-refractivity contribution in [3.05, 3.63) is 35.4 Å². The van der Waals surface area contributed by atoms with E-state index in [1.807, 2.05) is 17.0 Å². The molecule has 0 N–H and O–H groups in total. The van der Waals surface area contributed by atoms with E-state index in [0.717, 1.165) is 52.7 Å². The van der Waals surface area contributed by atoms with E-state index in [4.69, 9.17) is 4.98 Å². The Morgan fingerprint density at radius 2 is 1.90 bits per heavy atom. The van der Waals surface area contributed by atoms with Gasteiger partial charge in [-0.2, -0.15) is 0 Å². The molecule has 156 valence electrons. The Bertz CT molecular complexity index is 1030. The minimum absolute atomic E-state index is 0.0494. The molecule has 1 saturated heterocycles. The Morgan fingerprint density at radius 3 is 2.59 bits per heavy atom. The van der Waals surface area contributed by atoms with Gasteiger partial charge in [0.2, 0.25) is 5.91 Å². The summed E-state index contributed by atoms with van der Waals surface area (Å²) in [5, 5.41) is 1.99. The number of para-hydroxylation sites is 1. The summed E-state index contributed by atoms with van der Waals surface area (Å²) in [6.07, 6.45) is 4.78. The van der Waals surface area contributed by atoms with Crippen molar-refractivity contribution in [1.29, 1.82) is 0 Å². The Kier molecular flexibility index (Phi) is 5.89. The molecule has 0 radical (unpaired) electrons. The molecule has 1 aromatic carbocycles. The third-order valence-electron chi connectivity index (χ3n) is 6.18. The van der Waals surface area contributed by atoms with Crippen LogP contribution in [0.25, 0.3) is 10.9 Å². The number of hydrogen-bond acceptors (Lipinski definition) is 5. The van der Waals surface area contributed by atoms with Gasteiger partial charge in [-0.25, -0.2) is 13.4 Å². The fourth-order valence-corrected chi connectivity index (χ4v) is 7.25. The van der Waals surface area contributed by atoms with Crippen molar-refractivity contribution in [3.8, 4) is 0 Å². The van der Waals surface area contributed by atoms with Crippen LogP contribution in [-0.4, -0.2) is 53.6 Å². The number of benzene rings is 1. The zero-order chi connectivity index (χ0) is 20.6.